The van der Waals surface area contributed by atoms with Gasteiger partial charge < -0.3 is 25.8 Å². The number of rotatable bonds is 10. The number of H-pyrrole nitrogens is 1. The number of hydroxylamine groups is 1. The molecule has 12 nitrogen and oxygen atoms in total. The number of nitrogens with one attached hydrogen (secondary N) is 5. The van der Waals surface area contributed by atoms with E-state index >= 15 is 0 Å². The quantitative estimate of drug-likeness (QED) is 0.139. The van der Waals surface area contributed by atoms with E-state index in [0.29, 0.717) is 38.6 Å². The topological polar surface area (TPSA) is 173 Å². The third-order valence-corrected chi connectivity index (χ3v) is 8.75. The van der Waals surface area contributed by atoms with Gasteiger partial charge in [-0.3, -0.25) is 29.2 Å². The molecule has 0 spiro atoms. The summed E-state index contributed by atoms with van der Waals surface area (Å²) in [4.78, 5) is 71.3. The van der Waals surface area contributed by atoms with E-state index in [4.69, 9.17) is 5.21 Å². The first-order valence-electron chi connectivity index (χ1n) is 15.4. The van der Waals surface area contributed by atoms with E-state index in [0.717, 1.165) is 29.3 Å². The zero-order valence-electron chi connectivity index (χ0n) is 25.0. The number of hydrogen-bond acceptors (Lipinski definition) is 6. The zero-order chi connectivity index (χ0) is 30.9. The number of aromatic amines is 1. The molecule has 0 radical (unpaired) electrons. The number of carbonyl (C=O) groups is 5. The zero-order valence-corrected chi connectivity index (χ0v) is 25.0. The molecule has 43 heavy (non-hydrogen) atoms. The van der Waals surface area contributed by atoms with Crippen molar-refractivity contribution in [3.63, 3.8) is 0 Å². The first-order valence-corrected chi connectivity index (χ1v) is 15.4. The Morgan fingerprint density at radius 3 is 2.51 bits per heavy atom. The van der Waals surface area contributed by atoms with E-state index in [-0.39, 0.29) is 37.0 Å². The molecule has 1 aromatic heterocycles. The number of hydrogen-bond donors (Lipinski definition) is 6. The molecular weight excluding hydrogens is 552 g/mol. The van der Waals surface area contributed by atoms with E-state index in [1.165, 1.54) is 0 Å². The largest absolute Gasteiger partial charge is 0.361 e. The van der Waals surface area contributed by atoms with E-state index in [9.17, 15) is 24.0 Å². The van der Waals surface area contributed by atoms with Gasteiger partial charge >= 0.3 is 0 Å². The summed E-state index contributed by atoms with van der Waals surface area (Å²) in [7, 11) is 0. The summed E-state index contributed by atoms with van der Waals surface area (Å²) in [6.45, 7) is 4.26. The predicted octanol–water partition coefficient (Wildman–Crippen LogP) is 2.06. The summed E-state index contributed by atoms with van der Waals surface area (Å²) in [6.07, 6.45) is 6.71. The predicted molar refractivity (Wildman–Crippen MR) is 160 cm³/mol. The molecule has 0 aliphatic carbocycles. The van der Waals surface area contributed by atoms with Crippen molar-refractivity contribution in [2.45, 2.75) is 102 Å². The van der Waals surface area contributed by atoms with Crippen LogP contribution < -0.4 is 21.4 Å². The van der Waals surface area contributed by atoms with Gasteiger partial charge in [0.2, 0.25) is 29.5 Å². The van der Waals surface area contributed by atoms with Crippen LogP contribution in [0.4, 0.5) is 0 Å². The number of amides is 5. The average molecular weight is 597 g/mol. The van der Waals surface area contributed by atoms with Crippen LogP contribution >= 0.6 is 0 Å². The number of benzene rings is 1. The van der Waals surface area contributed by atoms with E-state index in [1.54, 1.807) is 10.4 Å². The van der Waals surface area contributed by atoms with Crippen LogP contribution in [-0.2, 0) is 30.4 Å². The minimum absolute atomic E-state index is 0.142. The van der Waals surface area contributed by atoms with Gasteiger partial charge in [-0.1, -0.05) is 51.3 Å². The van der Waals surface area contributed by atoms with E-state index in [1.807, 2.05) is 44.3 Å². The molecule has 0 bridgehead atoms. The first kappa shape index (κ1) is 32.0. The third-order valence-electron chi connectivity index (χ3n) is 8.75. The number of para-hydroxylation sites is 1. The fourth-order valence-electron chi connectivity index (χ4n) is 5.99. The second kappa shape index (κ2) is 15.0. The van der Waals surface area contributed by atoms with Crippen molar-refractivity contribution >= 4 is 40.4 Å². The fourth-order valence-corrected chi connectivity index (χ4v) is 5.99. The monoisotopic (exact) mass is 596 g/mol. The van der Waals surface area contributed by atoms with Crippen LogP contribution in [0.15, 0.2) is 30.5 Å². The molecule has 2 aliphatic rings. The molecule has 2 aromatic rings. The van der Waals surface area contributed by atoms with Gasteiger partial charge in [0.15, 0.2) is 0 Å². The fraction of sp³-hybridized carbons (Fsp3) is 0.581. The SMILES string of the molecule is CC[C@H](C)[C@@H]1NC(=O)[C@H](Cc2c[nH]c3ccccc23)NC(=O)[C@H](CCCCCC(=O)NO)NC(=O)[C@H]2CCCCN2C1=O. The van der Waals surface area contributed by atoms with Crippen LogP contribution in [0.3, 0.4) is 0 Å². The van der Waals surface area contributed by atoms with Crippen LogP contribution in [0.2, 0.25) is 0 Å². The number of nitrogens with zero attached hydrogens (tertiary/aromatic N) is 1. The van der Waals surface area contributed by atoms with Crippen LogP contribution in [0.1, 0.15) is 77.2 Å². The molecule has 0 unspecified atom stereocenters. The lowest BCUT2D eigenvalue weighted by molar-refractivity contribution is -0.147. The molecule has 2 fully saturated rings. The van der Waals surface area contributed by atoms with Crippen LogP contribution in [0, 0.1) is 5.92 Å². The molecule has 5 atom stereocenters. The Kier molecular flexibility index (Phi) is 11.2. The summed E-state index contributed by atoms with van der Waals surface area (Å²) < 4.78 is 0. The summed E-state index contributed by atoms with van der Waals surface area (Å²) in [5, 5.41) is 18.4. The van der Waals surface area contributed by atoms with Gasteiger partial charge in [-0.05, 0) is 49.7 Å². The number of unbranched alkanes of at least 4 members (excludes halogenated alkanes) is 2. The van der Waals surface area contributed by atoms with Crippen molar-refractivity contribution in [1.29, 1.82) is 0 Å². The molecule has 6 N–H and O–H groups in total. The number of fused-ring (bicyclic) bond motifs is 2. The lowest BCUT2D eigenvalue weighted by atomic mass is 9.93. The van der Waals surface area contributed by atoms with Crippen molar-refractivity contribution < 1.29 is 29.2 Å². The summed E-state index contributed by atoms with van der Waals surface area (Å²) in [5.74, 6) is -2.26. The highest BCUT2D eigenvalue weighted by Gasteiger charge is 2.40. The minimum Gasteiger partial charge on any atom is -0.361 e. The average Bonchev–Trinajstić information content (AvgIpc) is 3.43. The Morgan fingerprint density at radius 1 is 1.00 bits per heavy atom. The number of piperidine rings is 1. The lowest BCUT2D eigenvalue weighted by Gasteiger charge is -2.39. The molecule has 2 saturated heterocycles. The van der Waals surface area contributed by atoms with Crippen molar-refractivity contribution in [3.8, 4) is 0 Å². The molecule has 3 heterocycles. The maximum atomic E-state index is 13.9. The van der Waals surface area contributed by atoms with Gasteiger partial charge in [-0.15, -0.1) is 0 Å². The van der Waals surface area contributed by atoms with Crippen LogP contribution in [-0.4, -0.2) is 75.3 Å². The summed E-state index contributed by atoms with van der Waals surface area (Å²) in [5.41, 5.74) is 3.35. The van der Waals surface area contributed by atoms with Gasteiger partial charge in [-0.25, -0.2) is 5.48 Å². The highest BCUT2D eigenvalue weighted by atomic mass is 16.5. The molecule has 1 aromatic carbocycles. The highest BCUT2D eigenvalue weighted by Crippen LogP contribution is 2.23. The second-order valence-electron chi connectivity index (χ2n) is 11.7. The maximum Gasteiger partial charge on any atom is 0.246 e. The Hall–Kier alpha value is -3.93. The van der Waals surface area contributed by atoms with Gasteiger partial charge in [0.05, 0.1) is 0 Å². The Morgan fingerprint density at radius 2 is 1.74 bits per heavy atom. The molecule has 5 amide bonds. The molecule has 234 valence electrons. The van der Waals surface area contributed by atoms with Crippen molar-refractivity contribution in [2.75, 3.05) is 6.54 Å². The van der Waals surface area contributed by atoms with Crippen molar-refractivity contribution in [2.24, 2.45) is 5.92 Å². The Labute approximate surface area is 251 Å². The van der Waals surface area contributed by atoms with Crippen LogP contribution in [0.25, 0.3) is 10.9 Å². The molecular formula is C31H44N6O6. The molecule has 4 rings (SSSR count). The second-order valence-corrected chi connectivity index (χ2v) is 11.7. The molecule has 0 saturated carbocycles. The Balaban J connectivity index is 1.63. The van der Waals surface area contributed by atoms with Crippen molar-refractivity contribution in [3.05, 3.63) is 36.0 Å². The minimum atomic E-state index is -0.990. The number of aromatic nitrogens is 1. The molecule has 12 heteroatoms. The molecule has 2 aliphatic heterocycles. The highest BCUT2D eigenvalue weighted by molar-refractivity contribution is 5.98. The first-order chi connectivity index (χ1) is 20.7. The third kappa shape index (κ3) is 7.92. The summed E-state index contributed by atoms with van der Waals surface area (Å²) in [6, 6.07) is 4.21. The van der Waals surface area contributed by atoms with Gasteiger partial charge in [0, 0.05) is 36.5 Å². The standard InChI is InChI=1S/C31H44N6O6/c1-3-19(2)27-31(42)37-16-10-9-14-25(37)30(41)33-23(13-5-4-6-15-26(38)36-43)28(39)34-24(29(40)35-27)17-20-18-32-22-12-8-7-11-21(20)22/h7-8,11-12,18-19,23-25,27,32,43H,3-6,9-10,13-17H2,1-2H3,(H,33,41)(H,34,39)(H,35,40)(H,36,38)/t19-,23-,24-,25+,27-/m0/s1. The lowest BCUT2D eigenvalue weighted by Crippen LogP contribution is -2.64. The Bertz CT molecular complexity index is 1310. The van der Waals surface area contributed by atoms with Gasteiger partial charge in [0.1, 0.15) is 24.2 Å². The van der Waals surface area contributed by atoms with Crippen LogP contribution in [0.5, 0.6) is 0 Å². The number of carbonyl (C=O) groups excluding carboxylic acids is 5. The normalized spacial score (nSPS) is 24.2. The smallest absolute Gasteiger partial charge is 0.246 e. The summed E-state index contributed by atoms with van der Waals surface area (Å²) >= 11 is 0. The van der Waals surface area contributed by atoms with E-state index in [2.05, 4.69) is 20.9 Å². The van der Waals surface area contributed by atoms with Gasteiger partial charge in [-0.2, -0.15) is 0 Å². The van der Waals surface area contributed by atoms with E-state index < -0.39 is 41.9 Å². The van der Waals surface area contributed by atoms with Crippen molar-refractivity contribution in [1.82, 2.24) is 31.3 Å². The van der Waals surface area contributed by atoms with Gasteiger partial charge in [0.25, 0.3) is 0 Å². The maximum absolute atomic E-state index is 13.9.